The zero-order valence-corrected chi connectivity index (χ0v) is 10.2. The van der Waals surface area contributed by atoms with Crippen LogP contribution < -0.4 is 0 Å². The molecule has 86 valence electrons. The first kappa shape index (κ1) is 11.6. The Bertz CT molecular complexity index is 417. The van der Waals surface area contributed by atoms with E-state index < -0.39 is 11.9 Å². The van der Waals surface area contributed by atoms with Crippen LogP contribution in [0, 0.1) is 5.82 Å². The number of rotatable bonds is 2. The van der Waals surface area contributed by atoms with Gasteiger partial charge in [-0.05, 0) is 40.9 Å². The van der Waals surface area contributed by atoms with Crippen LogP contribution in [0.1, 0.15) is 24.5 Å². The molecular formula is C12H12BrFO2. The fourth-order valence-corrected chi connectivity index (χ4v) is 2.03. The summed E-state index contributed by atoms with van der Waals surface area (Å²) in [5, 5.41) is 10.00. The molecule has 1 N–H and O–H groups in total. The summed E-state index contributed by atoms with van der Waals surface area (Å²) >= 11 is 3.09. The molecule has 1 unspecified atom stereocenters. The van der Waals surface area contributed by atoms with Crippen LogP contribution in [0.4, 0.5) is 4.39 Å². The third kappa shape index (κ3) is 2.28. The largest absolute Gasteiger partial charge is 0.495 e. The van der Waals surface area contributed by atoms with E-state index in [1.807, 2.05) is 6.08 Å². The molecule has 1 heterocycles. The zero-order chi connectivity index (χ0) is 11.5. The average Bonchev–Trinajstić information content (AvgIpc) is 2.33. The van der Waals surface area contributed by atoms with Crippen LogP contribution in [0.15, 0.2) is 34.5 Å². The van der Waals surface area contributed by atoms with Crippen molar-refractivity contribution in [2.45, 2.75) is 18.9 Å². The van der Waals surface area contributed by atoms with E-state index in [1.54, 1.807) is 18.2 Å². The predicted octanol–water partition coefficient (Wildman–Crippen LogP) is 3.32. The molecule has 0 aliphatic carbocycles. The number of aliphatic hydroxyl groups excluding tert-OH is 1. The van der Waals surface area contributed by atoms with Crippen molar-refractivity contribution in [3.63, 3.8) is 0 Å². The summed E-state index contributed by atoms with van der Waals surface area (Å²) in [5.41, 5.74) is 0.238. The topological polar surface area (TPSA) is 29.5 Å². The monoisotopic (exact) mass is 286 g/mol. The van der Waals surface area contributed by atoms with E-state index in [9.17, 15) is 9.50 Å². The van der Waals surface area contributed by atoms with Gasteiger partial charge in [0.25, 0.3) is 0 Å². The van der Waals surface area contributed by atoms with E-state index in [4.69, 9.17) is 4.74 Å². The minimum absolute atomic E-state index is 0.238. The summed E-state index contributed by atoms with van der Waals surface area (Å²) in [7, 11) is 0. The Morgan fingerprint density at radius 1 is 1.44 bits per heavy atom. The van der Waals surface area contributed by atoms with Crippen LogP contribution in [0.2, 0.25) is 0 Å². The Balaban J connectivity index is 2.29. The predicted molar refractivity (Wildman–Crippen MR) is 62.3 cm³/mol. The van der Waals surface area contributed by atoms with Crippen molar-refractivity contribution in [3.8, 4) is 0 Å². The van der Waals surface area contributed by atoms with Gasteiger partial charge < -0.3 is 9.84 Å². The minimum Gasteiger partial charge on any atom is -0.495 e. The van der Waals surface area contributed by atoms with E-state index in [2.05, 4.69) is 15.9 Å². The second-order valence-corrected chi connectivity index (χ2v) is 4.50. The van der Waals surface area contributed by atoms with Crippen LogP contribution in [-0.2, 0) is 4.74 Å². The lowest BCUT2D eigenvalue weighted by Crippen LogP contribution is -2.11. The van der Waals surface area contributed by atoms with Gasteiger partial charge in [0.15, 0.2) is 0 Å². The smallest absolute Gasteiger partial charge is 0.143 e. The number of hydrogen-bond donors (Lipinski definition) is 1. The summed E-state index contributed by atoms with van der Waals surface area (Å²) in [6.07, 6.45) is 2.60. The number of hydrogen-bond acceptors (Lipinski definition) is 2. The van der Waals surface area contributed by atoms with E-state index in [0.29, 0.717) is 16.8 Å². The number of ether oxygens (including phenoxy) is 1. The third-order valence-electron chi connectivity index (χ3n) is 2.51. The van der Waals surface area contributed by atoms with Crippen molar-refractivity contribution in [2.24, 2.45) is 0 Å². The first-order valence-electron chi connectivity index (χ1n) is 5.15. The Hall–Kier alpha value is -0.870. The standard InChI is InChI=1S/C12H12BrFO2/c13-9-5-3-4-8(11(9)14)12(15)10-6-1-2-7-16-10/h3-6,12,15H,1-2,7H2. The average molecular weight is 287 g/mol. The molecule has 0 bridgehead atoms. The summed E-state index contributed by atoms with van der Waals surface area (Å²) < 4.78 is 19.4. The molecule has 2 nitrogen and oxygen atoms in total. The van der Waals surface area contributed by atoms with Crippen LogP contribution in [0.5, 0.6) is 0 Å². The van der Waals surface area contributed by atoms with E-state index in [0.717, 1.165) is 12.8 Å². The second kappa shape index (κ2) is 4.97. The highest BCUT2D eigenvalue weighted by Crippen LogP contribution is 2.30. The van der Waals surface area contributed by atoms with Crippen molar-refractivity contribution in [3.05, 3.63) is 45.9 Å². The molecule has 0 spiro atoms. The number of allylic oxidation sites excluding steroid dienone is 1. The molecule has 0 aromatic heterocycles. The number of halogens is 2. The lowest BCUT2D eigenvalue weighted by molar-refractivity contribution is 0.0896. The molecule has 0 radical (unpaired) electrons. The molecule has 1 atom stereocenters. The van der Waals surface area contributed by atoms with Gasteiger partial charge in [-0.15, -0.1) is 0 Å². The molecule has 0 saturated heterocycles. The Labute approximate surface area is 102 Å². The van der Waals surface area contributed by atoms with Crippen LogP contribution in [0.25, 0.3) is 0 Å². The van der Waals surface area contributed by atoms with Crippen molar-refractivity contribution in [1.29, 1.82) is 0 Å². The van der Waals surface area contributed by atoms with E-state index >= 15 is 0 Å². The highest BCUT2D eigenvalue weighted by molar-refractivity contribution is 9.10. The van der Waals surface area contributed by atoms with Gasteiger partial charge in [-0.2, -0.15) is 0 Å². The van der Waals surface area contributed by atoms with Gasteiger partial charge in [0, 0.05) is 5.56 Å². The van der Waals surface area contributed by atoms with E-state index in [1.165, 1.54) is 0 Å². The lowest BCUT2D eigenvalue weighted by Gasteiger charge is -2.20. The fraction of sp³-hybridized carbons (Fsp3) is 0.333. The van der Waals surface area contributed by atoms with Gasteiger partial charge in [-0.25, -0.2) is 4.39 Å². The van der Waals surface area contributed by atoms with Gasteiger partial charge in [-0.1, -0.05) is 12.1 Å². The van der Waals surface area contributed by atoms with Crippen molar-refractivity contribution in [2.75, 3.05) is 6.61 Å². The van der Waals surface area contributed by atoms with Gasteiger partial charge in [0.2, 0.25) is 0 Å². The lowest BCUT2D eigenvalue weighted by atomic mass is 10.1. The quantitative estimate of drug-likeness (QED) is 0.904. The minimum atomic E-state index is -1.02. The Morgan fingerprint density at radius 2 is 2.25 bits per heavy atom. The Kier molecular flexibility index (Phi) is 3.61. The van der Waals surface area contributed by atoms with Crippen molar-refractivity contribution < 1.29 is 14.2 Å². The van der Waals surface area contributed by atoms with Gasteiger partial charge in [-0.3, -0.25) is 0 Å². The van der Waals surface area contributed by atoms with Crippen molar-refractivity contribution >= 4 is 15.9 Å². The maximum atomic E-state index is 13.7. The molecule has 1 aliphatic heterocycles. The summed E-state index contributed by atoms with van der Waals surface area (Å²) in [6, 6.07) is 4.85. The third-order valence-corrected chi connectivity index (χ3v) is 3.12. The maximum absolute atomic E-state index is 13.7. The maximum Gasteiger partial charge on any atom is 0.143 e. The molecule has 4 heteroatoms. The summed E-state index contributed by atoms with van der Waals surface area (Å²) in [5.74, 6) is 0.00771. The molecule has 0 amide bonds. The number of benzene rings is 1. The molecule has 1 aromatic rings. The molecule has 1 aliphatic rings. The highest BCUT2D eigenvalue weighted by Gasteiger charge is 2.21. The SMILES string of the molecule is OC(C1=CCCCO1)c1cccc(Br)c1F. The normalized spacial score (nSPS) is 17.6. The first-order chi connectivity index (χ1) is 7.70. The van der Waals surface area contributed by atoms with Gasteiger partial charge in [0.05, 0.1) is 11.1 Å². The van der Waals surface area contributed by atoms with Crippen LogP contribution >= 0.6 is 15.9 Å². The van der Waals surface area contributed by atoms with E-state index in [-0.39, 0.29) is 5.56 Å². The van der Waals surface area contributed by atoms with Crippen LogP contribution in [0.3, 0.4) is 0 Å². The second-order valence-electron chi connectivity index (χ2n) is 3.64. The molecule has 2 rings (SSSR count). The molecule has 0 saturated carbocycles. The number of aliphatic hydroxyl groups is 1. The molecule has 0 fully saturated rings. The molecule has 16 heavy (non-hydrogen) atoms. The van der Waals surface area contributed by atoms with Gasteiger partial charge in [0.1, 0.15) is 17.7 Å². The fourth-order valence-electron chi connectivity index (χ4n) is 1.65. The Morgan fingerprint density at radius 3 is 2.94 bits per heavy atom. The first-order valence-corrected chi connectivity index (χ1v) is 5.94. The molecule has 1 aromatic carbocycles. The van der Waals surface area contributed by atoms with Crippen molar-refractivity contribution in [1.82, 2.24) is 0 Å². The van der Waals surface area contributed by atoms with Gasteiger partial charge >= 0.3 is 0 Å². The highest BCUT2D eigenvalue weighted by atomic mass is 79.9. The summed E-state index contributed by atoms with van der Waals surface area (Å²) in [6.45, 7) is 0.582. The van der Waals surface area contributed by atoms with Crippen LogP contribution in [-0.4, -0.2) is 11.7 Å². The summed E-state index contributed by atoms with van der Waals surface area (Å²) in [4.78, 5) is 0. The zero-order valence-electron chi connectivity index (χ0n) is 8.62. The molecular weight excluding hydrogens is 275 g/mol.